The third-order valence-electron chi connectivity index (χ3n) is 6.68. The van der Waals surface area contributed by atoms with Gasteiger partial charge in [-0.1, -0.05) is 50.2 Å². The first-order valence-electron chi connectivity index (χ1n) is 13.8. The first-order valence-corrected chi connectivity index (χ1v) is 13.8. The minimum absolute atomic E-state index is 0.00404. The number of carbonyl (C=O) groups excluding carboxylic acids is 3. The number of phenols is 1. The number of rotatable bonds is 14. The number of aromatic hydroxyl groups is 1. The van der Waals surface area contributed by atoms with Crippen molar-refractivity contribution < 1.29 is 42.1 Å². The van der Waals surface area contributed by atoms with Gasteiger partial charge in [0, 0.05) is 19.1 Å². The van der Waals surface area contributed by atoms with Crippen LogP contribution in [-0.2, 0) is 32.0 Å². The van der Waals surface area contributed by atoms with E-state index in [2.05, 4.69) is 43.5 Å². The molecule has 2 aromatic rings. The topological polar surface area (TPSA) is 117 Å². The molecule has 1 aliphatic rings. The highest BCUT2D eigenvalue weighted by Crippen LogP contribution is 2.39. The molecular weight excluding hydrogens is 555 g/mol. The van der Waals surface area contributed by atoms with Crippen molar-refractivity contribution in [2.24, 2.45) is 5.92 Å². The van der Waals surface area contributed by atoms with E-state index in [9.17, 15) is 27.9 Å². The van der Waals surface area contributed by atoms with Crippen LogP contribution in [0.4, 0.5) is 18.9 Å². The zero-order valence-corrected chi connectivity index (χ0v) is 24.2. The number of nitrogens with one attached hydrogen (secondary N) is 2. The van der Waals surface area contributed by atoms with Gasteiger partial charge in [-0.15, -0.1) is 0 Å². The average Bonchev–Trinajstić information content (AvgIpc) is 2.96. The van der Waals surface area contributed by atoms with Gasteiger partial charge in [-0.2, -0.15) is 13.2 Å². The van der Waals surface area contributed by atoms with Crippen molar-refractivity contribution in [1.29, 1.82) is 0 Å². The van der Waals surface area contributed by atoms with E-state index in [1.165, 1.54) is 5.56 Å². The lowest BCUT2D eigenvalue weighted by Crippen LogP contribution is -2.45. The molecule has 12 heteroatoms. The second-order valence-corrected chi connectivity index (χ2v) is 10.1. The minimum Gasteiger partial charge on any atom is -0.506 e. The predicted octanol–water partition coefficient (Wildman–Crippen LogP) is 4.13. The second-order valence-electron chi connectivity index (χ2n) is 10.1. The van der Waals surface area contributed by atoms with Crippen molar-refractivity contribution >= 4 is 23.8 Å². The molecule has 0 unspecified atom stereocenters. The van der Waals surface area contributed by atoms with Crippen molar-refractivity contribution in [2.45, 2.75) is 52.3 Å². The van der Waals surface area contributed by atoms with Crippen molar-refractivity contribution in [1.82, 2.24) is 10.2 Å². The lowest BCUT2D eigenvalue weighted by Gasteiger charge is -2.32. The minimum atomic E-state index is -4.64. The molecular formula is C30H40F3N3O6. The first kappa shape index (κ1) is 34.6. The Labute approximate surface area is 244 Å². The molecule has 42 heavy (non-hydrogen) atoms. The Morgan fingerprint density at radius 1 is 1.12 bits per heavy atom. The van der Waals surface area contributed by atoms with Crippen LogP contribution in [0.25, 0.3) is 0 Å². The van der Waals surface area contributed by atoms with Gasteiger partial charge in [0.05, 0.1) is 19.6 Å². The SMILES string of the molecule is CC(C)[C@@H](C)N(CCNCCc1ccc(O)c2c1OCC(=O)N2)C(=O)CCOCCc1ccccc1.O=CC(F)(F)F. The number of hydrogen-bond acceptors (Lipinski definition) is 7. The van der Waals surface area contributed by atoms with Gasteiger partial charge in [0.15, 0.2) is 12.4 Å². The number of anilines is 1. The molecule has 0 fully saturated rings. The predicted molar refractivity (Wildman–Crippen MR) is 153 cm³/mol. The Hall–Kier alpha value is -3.64. The van der Waals surface area contributed by atoms with E-state index in [0.717, 1.165) is 12.0 Å². The monoisotopic (exact) mass is 595 g/mol. The molecule has 1 atom stereocenters. The number of ether oxygens (including phenoxy) is 2. The fraction of sp³-hybridized carbons (Fsp3) is 0.500. The van der Waals surface area contributed by atoms with Gasteiger partial charge < -0.3 is 30.1 Å². The molecule has 9 nitrogen and oxygen atoms in total. The molecule has 3 rings (SSSR count). The summed E-state index contributed by atoms with van der Waals surface area (Å²) in [6, 6.07) is 13.7. The number of aldehydes is 1. The van der Waals surface area contributed by atoms with Crippen LogP contribution in [0.1, 0.15) is 38.3 Å². The number of alkyl halides is 3. The Kier molecular flexibility index (Phi) is 14.3. The molecule has 0 aliphatic carbocycles. The van der Waals surface area contributed by atoms with Gasteiger partial charge in [-0.3, -0.25) is 14.4 Å². The van der Waals surface area contributed by atoms with Crippen LogP contribution in [0.2, 0.25) is 0 Å². The third kappa shape index (κ3) is 12.1. The van der Waals surface area contributed by atoms with Crippen LogP contribution in [0, 0.1) is 5.92 Å². The molecule has 0 saturated carbocycles. The molecule has 0 aromatic heterocycles. The summed E-state index contributed by atoms with van der Waals surface area (Å²) >= 11 is 0. The number of amides is 2. The first-order chi connectivity index (χ1) is 19.9. The summed E-state index contributed by atoms with van der Waals surface area (Å²) in [5.74, 6) is 0.696. The highest BCUT2D eigenvalue weighted by atomic mass is 19.4. The summed E-state index contributed by atoms with van der Waals surface area (Å²) in [5, 5.41) is 16.1. The molecule has 0 bridgehead atoms. The zero-order valence-electron chi connectivity index (χ0n) is 24.2. The van der Waals surface area contributed by atoms with Crippen LogP contribution in [0.5, 0.6) is 11.5 Å². The molecule has 2 aromatic carbocycles. The van der Waals surface area contributed by atoms with Crippen LogP contribution in [0.15, 0.2) is 42.5 Å². The van der Waals surface area contributed by atoms with Gasteiger partial charge in [-0.05, 0) is 49.4 Å². The second kappa shape index (κ2) is 17.3. The van der Waals surface area contributed by atoms with Crippen molar-refractivity contribution in [3.8, 4) is 11.5 Å². The van der Waals surface area contributed by atoms with Gasteiger partial charge in [-0.25, -0.2) is 0 Å². The van der Waals surface area contributed by atoms with E-state index in [-0.39, 0.29) is 30.2 Å². The molecule has 0 spiro atoms. The fourth-order valence-electron chi connectivity index (χ4n) is 4.11. The van der Waals surface area contributed by atoms with Crippen molar-refractivity contribution in [2.75, 3.05) is 44.8 Å². The van der Waals surface area contributed by atoms with Gasteiger partial charge in [0.25, 0.3) is 5.91 Å². The van der Waals surface area contributed by atoms with Crippen molar-refractivity contribution in [3.05, 3.63) is 53.6 Å². The average molecular weight is 596 g/mol. The molecule has 2 amide bonds. The van der Waals surface area contributed by atoms with E-state index in [0.29, 0.717) is 63.0 Å². The number of phenolic OH excluding ortho intramolecular Hbond substituents is 1. The van der Waals surface area contributed by atoms with E-state index in [1.807, 2.05) is 29.2 Å². The van der Waals surface area contributed by atoms with E-state index >= 15 is 0 Å². The van der Waals surface area contributed by atoms with E-state index in [4.69, 9.17) is 14.3 Å². The number of halogens is 3. The Morgan fingerprint density at radius 2 is 1.81 bits per heavy atom. The standard InChI is InChI=1S/C28H39N3O5.C2HF3O/c1-20(2)21(3)31(26(34)13-18-35-17-12-22-7-5-4-6-8-22)16-15-29-14-11-23-9-10-24(32)27-28(23)36-19-25(33)30-27;3-2(4,5)1-6/h4-10,20-21,29,32H,11-19H2,1-3H3,(H,30,33);1H/t21-;/m1./s1. The summed E-state index contributed by atoms with van der Waals surface area (Å²) in [5.41, 5.74) is 2.47. The van der Waals surface area contributed by atoms with Crippen LogP contribution >= 0.6 is 0 Å². The Bertz CT molecular complexity index is 1150. The van der Waals surface area contributed by atoms with Crippen LogP contribution in [0.3, 0.4) is 0 Å². The number of carbonyl (C=O) groups is 3. The summed E-state index contributed by atoms with van der Waals surface area (Å²) in [4.78, 5) is 35.2. The van der Waals surface area contributed by atoms with Crippen LogP contribution < -0.4 is 15.4 Å². The largest absolute Gasteiger partial charge is 0.506 e. The molecule has 232 valence electrons. The van der Waals surface area contributed by atoms with Gasteiger partial charge >= 0.3 is 6.18 Å². The fourth-order valence-corrected chi connectivity index (χ4v) is 4.11. The molecule has 3 N–H and O–H groups in total. The molecule has 1 heterocycles. The number of nitrogens with zero attached hydrogens (tertiary/aromatic N) is 1. The summed E-state index contributed by atoms with van der Waals surface area (Å²) in [6.45, 7) is 9.26. The maximum Gasteiger partial charge on any atom is 0.446 e. The lowest BCUT2D eigenvalue weighted by molar-refractivity contribution is -0.156. The quantitative estimate of drug-likeness (QED) is 0.171. The Balaban J connectivity index is 0.000000928. The number of benzene rings is 2. The summed E-state index contributed by atoms with van der Waals surface area (Å²) in [6.07, 6.45) is -3.82. The van der Waals surface area contributed by atoms with E-state index < -0.39 is 12.5 Å². The maximum absolute atomic E-state index is 13.0. The Morgan fingerprint density at radius 3 is 2.45 bits per heavy atom. The highest BCUT2D eigenvalue weighted by Gasteiger charge is 2.25. The van der Waals surface area contributed by atoms with Gasteiger partial charge in [0.1, 0.15) is 11.4 Å². The normalized spacial score (nSPS) is 13.3. The van der Waals surface area contributed by atoms with Crippen molar-refractivity contribution in [3.63, 3.8) is 0 Å². The molecule has 0 radical (unpaired) electrons. The number of fused-ring (bicyclic) bond motifs is 1. The highest BCUT2D eigenvalue weighted by molar-refractivity contribution is 5.97. The summed E-state index contributed by atoms with van der Waals surface area (Å²) in [7, 11) is 0. The van der Waals surface area contributed by atoms with E-state index in [1.54, 1.807) is 6.07 Å². The molecule has 1 aliphatic heterocycles. The maximum atomic E-state index is 13.0. The van der Waals surface area contributed by atoms with Gasteiger partial charge in [0.2, 0.25) is 12.2 Å². The molecule has 0 saturated heterocycles. The smallest absolute Gasteiger partial charge is 0.446 e. The zero-order chi connectivity index (χ0) is 31.1. The summed E-state index contributed by atoms with van der Waals surface area (Å²) < 4.78 is 42.5. The lowest BCUT2D eigenvalue weighted by atomic mass is 10.0. The van der Waals surface area contributed by atoms with Crippen LogP contribution in [-0.4, -0.2) is 79.8 Å². The third-order valence-corrected chi connectivity index (χ3v) is 6.68. The number of hydrogen-bond donors (Lipinski definition) is 3.